The first kappa shape index (κ1) is 11.4. The van der Waals surface area contributed by atoms with Crippen molar-refractivity contribution in [1.29, 1.82) is 0 Å². The maximum Gasteiger partial charge on any atom is 0.123 e. The molecule has 0 radical (unpaired) electrons. The maximum absolute atomic E-state index is 13.0. The van der Waals surface area contributed by atoms with E-state index in [-0.39, 0.29) is 12.2 Å². The fourth-order valence-electron chi connectivity index (χ4n) is 1.33. The van der Waals surface area contributed by atoms with Crippen molar-refractivity contribution < 1.29 is 9.50 Å². The Labute approximate surface area is 101 Å². The smallest absolute Gasteiger partial charge is 0.123 e. The highest BCUT2D eigenvalue weighted by Crippen LogP contribution is 2.23. The average Bonchev–Trinajstić information content (AvgIpc) is 2.76. The largest absolute Gasteiger partial charge is 0.386 e. The molecule has 0 amide bonds. The van der Waals surface area contributed by atoms with Crippen molar-refractivity contribution in [3.63, 3.8) is 0 Å². The van der Waals surface area contributed by atoms with Gasteiger partial charge in [-0.2, -0.15) is 8.75 Å². The summed E-state index contributed by atoms with van der Waals surface area (Å²) in [6.07, 6.45) is 0.905. The van der Waals surface area contributed by atoms with Crippen LogP contribution in [-0.4, -0.2) is 13.9 Å². The van der Waals surface area contributed by atoms with Gasteiger partial charge in [0.2, 0.25) is 0 Å². The zero-order valence-corrected chi connectivity index (χ0v) is 9.67. The summed E-state index contributed by atoms with van der Waals surface area (Å²) in [5.74, 6) is -0.372. The second-order valence-electron chi connectivity index (χ2n) is 3.29. The van der Waals surface area contributed by atoms with Gasteiger partial charge in [-0.1, -0.05) is 11.6 Å². The number of halogens is 2. The predicted molar refractivity (Wildman–Crippen MR) is 60.0 cm³/mol. The van der Waals surface area contributed by atoms with E-state index < -0.39 is 6.10 Å². The minimum absolute atomic E-state index is 0.224. The molecule has 1 aromatic heterocycles. The van der Waals surface area contributed by atoms with Gasteiger partial charge in [0.1, 0.15) is 17.6 Å². The number of hydrogen-bond donors (Lipinski definition) is 1. The lowest BCUT2D eigenvalue weighted by Gasteiger charge is -2.08. The van der Waals surface area contributed by atoms with Crippen molar-refractivity contribution in [3.05, 3.63) is 46.5 Å². The van der Waals surface area contributed by atoms with Gasteiger partial charge in [-0.3, -0.25) is 0 Å². The average molecular weight is 259 g/mol. The van der Waals surface area contributed by atoms with Gasteiger partial charge >= 0.3 is 0 Å². The Kier molecular flexibility index (Phi) is 3.48. The van der Waals surface area contributed by atoms with Crippen molar-refractivity contribution >= 4 is 23.3 Å². The van der Waals surface area contributed by atoms with Gasteiger partial charge in [-0.05, 0) is 23.8 Å². The summed E-state index contributed by atoms with van der Waals surface area (Å²) in [7, 11) is 0. The molecule has 1 aromatic carbocycles. The molecule has 0 fully saturated rings. The van der Waals surface area contributed by atoms with Crippen LogP contribution in [0.2, 0.25) is 5.02 Å². The fraction of sp³-hybridized carbons (Fsp3) is 0.200. The zero-order valence-electron chi connectivity index (χ0n) is 8.10. The lowest BCUT2D eigenvalue weighted by atomic mass is 10.1. The second-order valence-corrected chi connectivity index (χ2v) is 4.25. The van der Waals surface area contributed by atoms with Crippen molar-refractivity contribution in [2.24, 2.45) is 0 Å². The number of aliphatic hydroxyl groups excluding tert-OH is 1. The zero-order chi connectivity index (χ0) is 11.5. The van der Waals surface area contributed by atoms with Gasteiger partial charge in [-0.25, -0.2) is 4.39 Å². The molecule has 3 nitrogen and oxygen atoms in total. The van der Waals surface area contributed by atoms with Gasteiger partial charge < -0.3 is 5.11 Å². The lowest BCUT2D eigenvalue weighted by molar-refractivity contribution is 0.174. The molecule has 0 saturated heterocycles. The lowest BCUT2D eigenvalue weighted by Crippen LogP contribution is -2.02. The van der Waals surface area contributed by atoms with Crippen LogP contribution < -0.4 is 0 Å². The number of benzene rings is 1. The molecule has 1 atom stereocenters. The van der Waals surface area contributed by atoms with Crippen molar-refractivity contribution in [2.45, 2.75) is 12.5 Å². The molecule has 1 unspecified atom stereocenters. The van der Waals surface area contributed by atoms with Crippen LogP contribution in [0.1, 0.15) is 17.4 Å². The van der Waals surface area contributed by atoms with E-state index in [0.717, 1.165) is 11.7 Å². The van der Waals surface area contributed by atoms with E-state index in [2.05, 4.69) is 8.75 Å². The minimum atomic E-state index is -0.807. The first-order valence-electron chi connectivity index (χ1n) is 4.56. The molecule has 2 rings (SSSR count). The maximum atomic E-state index is 13.0. The van der Waals surface area contributed by atoms with Crippen molar-refractivity contribution in [2.75, 3.05) is 0 Å². The van der Waals surface area contributed by atoms with Gasteiger partial charge in [0.05, 0.1) is 17.9 Å². The van der Waals surface area contributed by atoms with Crippen LogP contribution in [0.5, 0.6) is 0 Å². The monoisotopic (exact) mass is 258 g/mol. The predicted octanol–water partition coefficient (Wildman–Crippen LogP) is 2.61. The fourth-order valence-corrected chi connectivity index (χ4v) is 1.99. The van der Waals surface area contributed by atoms with E-state index in [9.17, 15) is 9.50 Å². The summed E-state index contributed by atoms with van der Waals surface area (Å²) in [4.78, 5) is 0. The SMILES string of the molecule is OC(Cc1cc(F)ccc1Cl)c1cnsn1. The van der Waals surface area contributed by atoms with E-state index in [1.165, 1.54) is 24.4 Å². The standard InChI is InChI=1S/C10H8ClFN2OS/c11-8-2-1-7(12)3-6(8)4-10(15)9-5-13-16-14-9/h1-3,5,10,15H,4H2. The number of aliphatic hydroxyl groups is 1. The minimum Gasteiger partial charge on any atom is -0.386 e. The van der Waals surface area contributed by atoms with Gasteiger partial charge in [-0.15, -0.1) is 0 Å². The van der Waals surface area contributed by atoms with Crippen LogP contribution in [0.3, 0.4) is 0 Å². The Morgan fingerprint density at radius 3 is 3.00 bits per heavy atom. The topological polar surface area (TPSA) is 46.0 Å². The molecule has 0 aliphatic carbocycles. The quantitative estimate of drug-likeness (QED) is 0.921. The van der Waals surface area contributed by atoms with Gasteiger partial charge in [0.15, 0.2) is 0 Å². The molecule has 1 N–H and O–H groups in total. The summed E-state index contributed by atoms with van der Waals surface area (Å²) in [6, 6.07) is 4.06. The van der Waals surface area contributed by atoms with Crippen LogP contribution in [-0.2, 0) is 6.42 Å². The third-order valence-electron chi connectivity index (χ3n) is 2.14. The number of aromatic nitrogens is 2. The molecule has 84 valence electrons. The Bertz CT molecular complexity index is 478. The molecule has 0 aliphatic heterocycles. The highest BCUT2D eigenvalue weighted by Gasteiger charge is 2.13. The molecule has 0 saturated carbocycles. The Morgan fingerprint density at radius 1 is 1.50 bits per heavy atom. The first-order chi connectivity index (χ1) is 7.66. The van der Waals surface area contributed by atoms with E-state index in [1.54, 1.807) is 0 Å². The van der Waals surface area contributed by atoms with E-state index in [1.807, 2.05) is 0 Å². The molecule has 2 aromatic rings. The summed E-state index contributed by atoms with van der Waals surface area (Å²) in [6.45, 7) is 0. The summed E-state index contributed by atoms with van der Waals surface area (Å²) >= 11 is 6.91. The molecule has 6 heteroatoms. The molecular formula is C10H8ClFN2OS. The van der Waals surface area contributed by atoms with Crippen molar-refractivity contribution in [1.82, 2.24) is 8.75 Å². The number of rotatable bonds is 3. The molecule has 0 spiro atoms. The first-order valence-corrected chi connectivity index (χ1v) is 5.67. The Morgan fingerprint density at radius 2 is 2.31 bits per heavy atom. The molecule has 0 aliphatic rings. The third-order valence-corrected chi connectivity index (χ3v) is 3.00. The Balaban J connectivity index is 2.17. The Hall–Kier alpha value is -1.04. The third kappa shape index (κ3) is 2.55. The van der Waals surface area contributed by atoms with Crippen LogP contribution in [0.25, 0.3) is 0 Å². The molecule has 1 heterocycles. The van der Waals surface area contributed by atoms with E-state index in [0.29, 0.717) is 16.3 Å². The molecule has 0 bridgehead atoms. The number of nitrogens with zero attached hydrogens (tertiary/aromatic N) is 2. The normalized spacial score (nSPS) is 12.7. The van der Waals surface area contributed by atoms with Gasteiger partial charge in [0, 0.05) is 11.4 Å². The molecular weight excluding hydrogens is 251 g/mol. The summed E-state index contributed by atoms with van der Waals surface area (Å²) < 4.78 is 20.7. The summed E-state index contributed by atoms with van der Waals surface area (Å²) in [5.41, 5.74) is 1.03. The second kappa shape index (κ2) is 4.86. The van der Waals surface area contributed by atoms with E-state index >= 15 is 0 Å². The van der Waals surface area contributed by atoms with Crippen LogP contribution in [0.4, 0.5) is 4.39 Å². The van der Waals surface area contributed by atoms with Crippen LogP contribution in [0, 0.1) is 5.82 Å². The number of hydrogen-bond acceptors (Lipinski definition) is 4. The molecule has 16 heavy (non-hydrogen) atoms. The highest BCUT2D eigenvalue weighted by molar-refractivity contribution is 6.99. The highest BCUT2D eigenvalue weighted by atomic mass is 35.5. The van der Waals surface area contributed by atoms with E-state index in [4.69, 9.17) is 11.6 Å². The van der Waals surface area contributed by atoms with Gasteiger partial charge in [0.25, 0.3) is 0 Å². The van der Waals surface area contributed by atoms with Crippen LogP contribution >= 0.6 is 23.3 Å². The van der Waals surface area contributed by atoms with Crippen molar-refractivity contribution in [3.8, 4) is 0 Å². The van der Waals surface area contributed by atoms with Crippen LogP contribution in [0.15, 0.2) is 24.4 Å². The summed E-state index contributed by atoms with van der Waals surface area (Å²) in [5, 5.41) is 10.2.